The molecule has 3 rings (SSSR count). The van der Waals surface area contributed by atoms with Gasteiger partial charge in [0.05, 0.1) is 13.2 Å². The SMILES string of the molecule is COCC#Cc1ccc2c(c1)O[C@H](CN(C)C(=O)c1ccccc1)[C@@H](C)CN([C@@H](C)CO)S2(=O)=O. The summed E-state index contributed by atoms with van der Waals surface area (Å²) in [6, 6.07) is 13.0. The van der Waals surface area contributed by atoms with Gasteiger partial charge in [-0.05, 0) is 37.3 Å². The van der Waals surface area contributed by atoms with Gasteiger partial charge in [0.2, 0.25) is 10.0 Å². The lowest BCUT2D eigenvalue weighted by Crippen LogP contribution is -2.50. The molecule has 0 saturated heterocycles. The Morgan fingerprint density at radius 3 is 2.66 bits per heavy atom. The Morgan fingerprint density at radius 1 is 1.29 bits per heavy atom. The van der Waals surface area contributed by atoms with Crippen molar-refractivity contribution < 1.29 is 27.8 Å². The molecule has 3 atom stereocenters. The summed E-state index contributed by atoms with van der Waals surface area (Å²) in [5.41, 5.74) is 1.14. The number of likely N-dealkylation sites (N-methyl/N-ethyl adjacent to an activating group) is 1. The second-order valence-electron chi connectivity index (χ2n) is 8.69. The van der Waals surface area contributed by atoms with Crippen LogP contribution in [0.3, 0.4) is 0 Å². The van der Waals surface area contributed by atoms with Gasteiger partial charge < -0.3 is 19.5 Å². The van der Waals surface area contributed by atoms with E-state index in [9.17, 15) is 18.3 Å². The average molecular weight is 501 g/mol. The van der Waals surface area contributed by atoms with Crippen LogP contribution in [0, 0.1) is 17.8 Å². The lowest BCUT2D eigenvalue weighted by atomic mass is 10.0. The summed E-state index contributed by atoms with van der Waals surface area (Å²) in [5.74, 6) is 5.53. The van der Waals surface area contributed by atoms with Crippen LogP contribution in [-0.4, -0.2) is 81.2 Å². The number of nitrogens with zero attached hydrogens (tertiary/aromatic N) is 2. The second kappa shape index (κ2) is 11.7. The van der Waals surface area contributed by atoms with Gasteiger partial charge in [0.25, 0.3) is 5.91 Å². The molecule has 0 bridgehead atoms. The number of fused-ring (bicyclic) bond motifs is 1. The monoisotopic (exact) mass is 500 g/mol. The maximum absolute atomic E-state index is 13.5. The molecule has 8 nitrogen and oxygen atoms in total. The number of hydrogen-bond donors (Lipinski definition) is 1. The Morgan fingerprint density at radius 2 is 2.00 bits per heavy atom. The van der Waals surface area contributed by atoms with Gasteiger partial charge in [-0.3, -0.25) is 4.79 Å². The summed E-state index contributed by atoms with van der Waals surface area (Å²) in [7, 11) is -0.705. The van der Waals surface area contributed by atoms with Crippen molar-refractivity contribution in [2.75, 3.05) is 40.5 Å². The third kappa shape index (κ3) is 6.21. The zero-order valence-corrected chi connectivity index (χ0v) is 21.3. The van der Waals surface area contributed by atoms with E-state index in [-0.39, 0.29) is 48.8 Å². The minimum absolute atomic E-state index is 0.00373. The minimum Gasteiger partial charge on any atom is -0.487 e. The highest BCUT2D eigenvalue weighted by atomic mass is 32.2. The number of amides is 1. The molecule has 0 unspecified atom stereocenters. The van der Waals surface area contributed by atoms with Crippen molar-refractivity contribution in [3.63, 3.8) is 0 Å². The normalized spacial score (nSPS) is 20.3. The average Bonchev–Trinajstić information content (AvgIpc) is 2.85. The number of carbonyl (C=O) groups is 1. The van der Waals surface area contributed by atoms with Crippen LogP contribution in [0.15, 0.2) is 53.4 Å². The van der Waals surface area contributed by atoms with Crippen molar-refractivity contribution in [3.8, 4) is 17.6 Å². The Kier molecular flexibility index (Phi) is 8.92. The molecule has 0 spiro atoms. The van der Waals surface area contributed by atoms with Gasteiger partial charge in [-0.25, -0.2) is 8.42 Å². The molecule has 0 aliphatic carbocycles. The highest BCUT2D eigenvalue weighted by molar-refractivity contribution is 7.89. The van der Waals surface area contributed by atoms with Crippen molar-refractivity contribution in [2.24, 2.45) is 5.92 Å². The zero-order chi connectivity index (χ0) is 25.6. The molecule has 188 valence electrons. The third-order valence-electron chi connectivity index (χ3n) is 5.94. The van der Waals surface area contributed by atoms with Crippen LogP contribution in [-0.2, 0) is 14.8 Å². The van der Waals surface area contributed by atoms with Crippen LogP contribution in [0.1, 0.15) is 29.8 Å². The van der Waals surface area contributed by atoms with E-state index >= 15 is 0 Å². The van der Waals surface area contributed by atoms with Gasteiger partial charge in [0.1, 0.15) is 23.4 Å². The van der Waals surface area contributed by atoms with Gasteiger partial charge in [-0.2, -0.15) is 4.31 Å². The lowest BCUT2D eigenvalue weighted by Gasteiger charge is -2.37. The molecule has 1 heterocycles. The number of aliphatic hydroxyl groups is 1. The van der Waals surface area contributed by atoms with E-state index in [0.29, 0.717) is 11.1 Å². The summed E-state index contributed by atoms with van der Waals surface area (Å²) < 4.78 is 39.6. The topological polar surface area (TPSA) is 96.4 Å². The molecule has 1 N–H and O–H groups in total. The Labute approximate surface area is 207 Å². The number of ether oxygens (including phenoxy) is 2. The second-order valence-corrected chi connectivity index (χ2v) is 10.5. The molecule has 0 aromatic heterocycles. The third-order valence-corrected chi connectivity index (χ3v) is 7.96. The first-order chi connectivity index (χ1) is 16.7. The van der Waals surface area contributed by atoms with Gasteiger partial charge in [-0.1, -0.05) is 37.0 Å². The Balaban J connectivity index is 2.01. The van der Waals surface area contributed by atoms with Gasteiger partial charge in [-0.15, -0.1) is 0 Å². The maximum Gasteiger partial charge on any atom is 0.253 e. The summed E-state index contributed by atoms with van der Waals surface area (Å²) in [6.07, 6.45) is -0.502. The van der Waals surface area contributed by atoms with Crippen molar-refractivity contribution >= 4 is 15.9 Å². The molecule has 35 heavy (non-hydrogen) atoms. The molecule has 1 aliphatic rings. The maximum atomic E-state index is 13.5. The van der Waals surface area contributed by atoms with E-state index in [4.69, 9.17) is 9.47 Å². The summed E-state index contributed by atoms with van der Waals surface area (Å²) in [4.78, 5) is 14.5. The quantitative estimate of drug-likeness (QED) is 0.611. The summed E-state index contributed by atoms with van der Waals surface area (Å²) in [5, 5.41) is 9.77. The predicted octanol–water partition coefficient (Wildman–Crippen LogP) is 2.23. The van der Waals surface area contributed by atoms with E-state index in [1.165, 1.54) is 10.4 Å². The van der Waals surface area contributed by atoms with E-state index in [2.05, 4.69) is 11.8 Å². The number of aliphatic hydroxyl groups excluding tert-OH is 1. The first kappa shape index (κ1) is 26.7. The summed E-state index contributed by atoms with van der Waals surface area (Å²) >= 11 is 0. The largest absolute Gasteiger partial charge is 0.487 e. The van der Waals surface area contributed by atoms with E-state index in [1.54, 1.807) is 62.4 Å². The molecule has 1 amide bonds. The number of methoxy groups -OCH3 is 1. The van der Waals surface area contributed by atoms with Crippen molar-refractivity contribution in [2.45, 2.75) is 30.9 Å². The molecular weight excluding hydrogens is 468 g/mol. The van der Waals surface area contributed by atoms with Crippen LogP contribution >= 0.6 is 0 Å². The minimum atomic E-state index is -3.95. The molecule has 9 heteroatoms. The molecule has 1 aliphatic heterocycles. The fraction of sp³-hybridized carbons (Fsp3) is 0.423. The Hall–Kier alpha value is -2.90. The number of hydrogen-bond acceptors (Lipinski definition) is 6. The standard InChI is InChI=1S/C26H32N2O6S/c1-19-16-28(20(2)18-29)35(31,32)25-13-12-21(9-8-14-33-4)15-23(25)34-24(19)17-27(3)26(30)22-10-6-5-7-11-22/h5-7,10-13,15,19-20,24,29H,14,16-18H2,1-4H3/t19-,20-,24+/m0/s1. The molecular formula is C26H32N2O6S. The highest BCUT2D eigenvalue weighted by Gasteiger charge is 2.38. The van der Waals surface area contributed by atoms with Crippen LogP contribution in [0.25, 0.3) is 0 Å². The summed E-state index contributed by atoms with van der Waals surface area (Å²) in [6.45, 7) is 3.85. The van der Waals surface area contributed by atoms with Crippen LogP contribution in [0.4, 0.5) is 0 Å². The van der Waals surface area contributed by atoms with Gasteiger partial charge in [0, 0.05) is 43.8 Å². The fourth-order valence-electron chi connectivity index (χ4n) is 3.89. The fourth-order valence-corrected chi connectivity index (χ4v) is 5.71. The van der Waals surface area contributed by atoms with E-state index in [1.807, 2.05) is 13.0 Å². The highest BCUT2D eigenvalue weighted by Crippen LogP contribution is 2.34. The molecule has 0 saturated carbocycles. The Bertz CT molecular complexity index is 1190. The van der Waals surface area contributed by atoms with Crippen molar-refractivity contribution in [1.29, 1.82) is 0 Å². The van der Waals surface area contributed by atoms with E-state index in [0.717, 1.165) is 0 Å². The van der Waals surface area contributed by atoms with Gasteiger partial charge >= 0.3 is 0 Å². The number of rotatable bonds is 6. The first-order valence-corrected chi connectivity index (χ1v) is 12.8. The van der Waals surface area contributed by atoms with Crippen LogP contribution < -0.4 is 4.74 Å². The van der Waals surface area contributed by atoms with E-state index < -0.39 is 22.2 Å². The lowest BCUT2D eigenvalue weighted by molar-refractivity contribution is 0.0563. The van der Waals surface area contributed by atoms with Crippen molar-refractivity contribution in [3.05, 3.63) is 59.7 Å². The molecule has 2 aromatic carbocycles. The number of sulfonamides is 1. The first-order valence-electron chi connectivity index (χ1n) is 11.4. The van der Waals surface area contributed by atoms with Crippen molar-refractivity contribution in [1.82, 2.24) is 9.21 Å². The zero-order valence-electron chi connectivity index (χ0n) is 20.5. The van der Waals surface area contributed by atoms with Crippen LogP contribution in [0.5, 0.6) is 5.75 Å². The molecule has 0 radical (unpaired) electrons. The predicted molar refractivity (Wildman–Crippen MR) is 133 cm³/mol. The van der Waals surface area contributed by atoms with Gasteiger partial charge in [0.15, 0.2) is 0 Å². The molecule has 0 fully saturated rings. The van der Waals surface area contributed by atoms with Crippen LogP contribution in [0.2, 0.25) is 0 Å². The smallest absolute Gasteiger partial charge is 0.253 e. The molecule has 2 aromatic rings. The number of carbonyl (C=O) groups excluding carboxylic acids is 1. The number of benzene rings is 2.